The van der Waals surface area contributed by atoms with Gasteiger partial charge in [-0.05, 0) is 79.1 Å². The zero-order chi connectivity index (χ0) is 22.8. The van der Waals surface area contributed by atoms with Crippen LogP contribution in [0.3, 0.4) is 0 Å². The molecule has 166 valence electrons. The van der Waals surface area contributed by atoms with Gasteiger partial charge < -0.3 is 0 Å². The van der Waals surface area contributed by atoms with Crippen molar-refractivity contribution in [3.8, 4) is 0 Å². The highest BCUT2D eigenvalue weighted by atomic mass is 19.1. The number of halogens is 2. The number of hydrogen-bond donors (Lipinski definition) is 0. The topological polar surface area (TPSA) is 0 Å². The summed E-state index contributed by atoms with van der Waals surface area (Å²) in [6, 6.07) is 13.3. The van der Waals surface area contributed by atoms with Crippen molar-refractivity contribution in [3.05, 3.63) is 106 Å². The number of hydrogen-bond acceptors (Lipinski definition) is 0. The van der Waals surface area contributed by atoms with Gasteiger partial charge in [0.2, 0.25) is 0 Å². The Morgan fingerprint density at radius 2 is 1.32 bits per heavy atom. The van der Waals surface area contributed by atoms with Crippen LogP contribution in [0.25, 0.3) is 0 Å². The second kappa shape index (κ2) is 12.4. The molecule has 0 fully saturated rings. The summed E-state index contributed by atoms with van der Waals surface area (Å²) in [5.41, 5.74) is 7.21. The molecule has 0 nitrogen and oxygen atoms in total. The van der Waals surface area contributed by atoms with Gasteiger partial charge in [0.05, 0.1) is 0 Å². The molecule has 0 heterocycles. The molecule has 0 aliphatic heterocycles. The van der Waals surface area contributed by atoms with Gasteiger partial charge >= 0.3 is 0 Å². The molecule has 2 aromatic rings. The van der Waals surface area contributed by atoms with Gasteiger partial charge in [-0.1, -0.05) is 81.7 Å². The van der Waals surface area contributed by atoms with E-state index in [1.807, 2.05) is 24.3 Å². The van der Waals surface area contributed by atoms with Crippen LogP contribution in [0.2, 0.25) is 0 Å². The maximum Gasteiger partial charge on any atom is 0.123 e. The van der Waals surface area contributed by atoms with Crippen molar-refractivity contribution in [3.63, 3.8) is 0 Å². The Labute approximate surface area is 187 Å². The van der Waals surface area contributed by atoms with Gasteiger partial charge in [0.15, 0.2) is 0 Å². The van der Waals surface area contributed by atoms with Crippen LogP contribution in [0.5, 0.6) is 0 Å². The van der Waals surface area contributed by atoms with Crippen LogP contribution in [0.15, 0.2) is 83.5 Å². The Bertz CT molecular complexity index is 853. The summed E-state index contributed by atoms with van der Waals surface area (Å²) >= 11 is 0. The van der Waals surface area contributed by atoms with E-state index in [0.717, 1.165) is 48.8 Å². The predicted octanol–water partition coefficient (Wildman–Crippen LogP) is 9.30. The van der Waals surface area contributed by atoms with E-state index in [1.165, 1.54) is 41.0 Å². The maximum atomic E-state index is 13.5. The van der Waals surface area contributed by atoms with Crippen molar-refractivity contribution in [2.45, 2.75) is 72.1 Å². The highest BCUT2D eigenvalue weighted by Crippen LogP contribution is 2.35. The molecule has 2 aromatic carbocycles. The first-order valence-electron chi connectivity index (χ1n) is 11.5. The maximum absolute atomic E-state index is 13.5. The second-order valence-corrected chi connectivity index (χ2v) is 8.31. The zero-order valence-corrected chi connectivity index (χ0v) is 19.5. The molecule has 2 rings (SSSR count). The molecule has 0 saturated carbocycles. The largest absolute Gasteiger partial charge is 0.207 e. The van der Waals surface area contributed by atoms with E-state index < -0.39 is 0 Å². The molecule has 0 N–H and O–H groups in total. The summed E-state index contributed by atoms with van der Waals surface area (Å²) in [6.07, 6.45) is 8.34. The van der Waals surface area contributed by atoms with Gasteiger partial charge in [-0.3, -0.25) is 0 Å². The van der Waals surface area contributed by atoms with E-state index in [2.05, 4.69) is 40.3 Å². The van der Waals surface area contributed by atoms with Crippen molar-refractivity contribution in [1.29, 1.82) is 0 Å². The quantitative estimate of drug-likeness (QED) is 0.316. The molecule has 0 aromatic heterocycles. The first-order chi connectivity index (χ1) is 14.9. The molecule has 0 saturated heterocycles. The lowest BCUT2D eigenvalue weighted by Crippen LogP contribution is -2.05. The molecule has 0 unspecified atom stereocenters. The van der Waals surface area contributed by atoms with Gasteiger partial charge in [-0.25, -0.2) is 8.78 Å². The predicted molar refractivity (Wildman–Crippen MR) is 129 cm³/mol. The van der Waals surface area contributed by atoms with Crippen molar-refractivity contribution in [1.82, 2.24) is 0 Å². The summed E-state index contributed by atoms with van der Waals surface area (Å²) in [4.78, 5) is 0. The molecule has 0 radical (unpaired) electrons. The fraction of sp³-hybridized carbons (Fsp3) is 0.379. The molecule has 0 aliphatic carbocycles. The Balaban J connectivity index is 2.45. The molecule has 0 aliphatic rings. The average molecular weight is 423 g/mol. The lowest BCUT2D eigenvalue weighted by molar-refractivity contribution is 0.624. The molecular formula is C29H36F2. The first-order valence-corrected chi connectivity index (χ1v) is 11.5. The number of rotatable bonds is 11. The molecular weight excluding hydrogens is 386 g/mol. The van der Waals surface area contributed by atoms with E-state index in [1.54, 1.807) is 0 Å². The average Bonchev–Trinajstić information content (AvgIpc) is 2.74. The van der Waals surface area contributed by atoms with Gasteiger partial charge in [0.25, 0.3) is 0 Å². The lowest BCUT2D eigenvalue weighted by atomic mass is 9.82. The van der Waals surface area contributed by atoms with E-state index in [4.69, 9.17) is 0 Å². The molecule has 0 spiro atoms. The minimum atomic E-state index is -0.253. The van der Waals surface area contributed by atoms with E-state index in [9.17, 15) is 8.78 Å². The van der Waals surface area contributed by atoms with Crippen LogP contribution in [0.1, 0.15) is 83.3 Å². The summed E-state index contributed by atoms with van der Waals surface area (Å²) in [5, 5.41) is 0. The fourth-order valence-corrected chi connectivity index (χ4v) is 4.24. The summed E-state index contributed by atoms with van der Waals surface area (Å²) in [7, 11) is 0. The van der Waals surface area contributed by atoms with Crippen molar-refractivity contribution in [2.75, 3.05) is 0 Å². The zero-order valence-electron chi connectivity index (χ0n) is 19.5. The SMILES string of the molecule is C=C(CC(c1ccc(F)cc1)c1ccc(F)cc1)/C(CC)=C(\C=C(/C)CCC)CCC. The van der Waals surface area contributed by atoms with E-state index >= 15 is 0 Å². The molecule has 0 bridgehead atoms. The molecule has 0 amide bonds. The van der Waals surface area contributed by atoms with Crippen LogP contribution in [-0.2, 0) is 0 Å². The monoisotopic (exact) mass is 422 g/mol. The Kier molecular flexibility index (Phi) is 9.91. The fourth-order valence-electron chi connectivity index (χ4n) is 4.24. The Morgan fingerprint density at radius 3 is 1.74 bits per heavy atom. The van der Waals surface area contributed by atoms with Gasteiger partial charge in [-0.2, -0.15) is 0 Å². The molecule has 31 heavy (non-hydrogen) atoms. The number of benzene rings is 2. The van der Waals surface area contributed by atoms with Crippen molar-refractivity contribution < 1.29 is 8.78 Å². The van der Waals surface area contributed by atoms with Crippen molar-refractivity contribution in [2.24, 2.45) is 0 Å². The standard InChI is InChI=1S/C29H36F2/c1-6-9-21(4)19-25(10-7-2)28(8-3)22(5)20-29(23-11-15-26(30)16-12-23)24-13-17-27(31)18-14-24/h11-19,29H,5-10,20H2,1-4H3/b21-19+,28-25-. The smallest absolute Gasteiger partial charge is 0.123 e. The first kappa shape index (κ1) is 24.8. The third-order valence-corrected chi connectivity index (χ3v) is 5.75. The Morgan fingerprint density at radius 1 is 0.839 bits per heavy atom. The summed E-state index contributed by atoms with van der Waals surface area (Å²) in [6.45, 7) is 13.3. The molecule has 2 heteroatoms. The highest BCUT2D eigenvalue weighted by molar-refractivity contribution is 5.43. The van der Waals surface area contributed by atoms with Gasteiger partial charge in [0, 0.05) is 5.92 Å². The summed E-state index contributed by atoms with van der Waals surface area (Å²) in [5.74, 6) is -0.508. The Hall–Kier alpha value is -2.48. The van der Waals surface area contributed by atoms with E-state index in [0.29, 0.717) is 6.42 Å². The van der Waals surface area contributed by atoms with Crippen molar-refractivity contribution >= 4 is 0 Å². The van der Waals surface area contributed by atoms with Crippen LogP contribution in [0, 0.1) is 11.6 Å². The third kappa shape index (κ3) is 7.31. The van der Waals surface area contributed by atoms with Crippen LogP contribution in [-0.4, -0.2) is 0 Å². The summed E-state index contributed by atoms with van der Waals surface area (Å²) < 4.78 is 27.1. The highest BCUT2D eigenvalue weighted by Gasteiger charge is 2.18. The van der Waals surface area contributed by atoms with Crippen LogP contribution >= 0.6 is 0 Å². The van der Waals surface area contributed by atoms with Gasteiger partial charge in [-0.15, -0.1) is 0 Å². The van der Waals surface area contributed by atoms with Crippen LogP contribution in [0.4, 0.5) is 8.78 Å². The lowest BCUT2D eigenvalue weighted by Gasteiger charge is -2.22. The van der Waals surface area contributed by atoms with E-state index in [-0.39, 0.29) is 17.6 Å². The van der Waals surface area contributed by atoms with Gasteiger partial charge in [0.1, 0.15) is 11.6 Å². The van der Waals surface area contributed by atoms with Crippen LogP contribution < -0.4 is 0 Å². The minimum absolute atomic E-state index is 0.00107. The normalized spacial score (nSPS) is 12.8. The minimum Gasteiger partial charge on any atom is -0.207 e. The second-order valence-electron chi connectivity index (χ2n) is 8.31. The third-order valence-electron chi connectivity index (χ3n) is 5.75. The molecule has 0 atom stereocenters. The number of allylic oxidation sites excluding steroid dienone is 5.